The van der Waals surface area contributed by atoms with Gasteiger partial charge in [0.15, 0.2) is 0 Å². The summed E-state index contributed by atoms with van der Waals surface area (Å²) in [6.07, 6.45) is 1.15. The number of aromatic nitrogens is 1. The normalized spacial score (nSPS) is 12.9. The first kappa shape index (κ1) is 24.0. The van der Waals surface area contributed by atoms with Gasteiger partial charge in [-0.1, -0.05) is 67.0 Å². The van der Waals surface area contributed by atoms with E-state index in [1.165, 1.54) is 6.26 Å². The highest BCUT2D eigenvalue weighted by Gasteiger charge is 2.29. The number of fused-ring (bicyclic) bond motifs is 3. The van der Waals surface area contributed by atoms with Crippen molar-refractivity contribution in [1.29, 1.82) is 0 Å². The molecule has 1 unspecified atom stereocenters. The number of hydrogen-bond acceptors (Lipinski definition) is 6. The Morgan fingerprint density at radius 2 is 1.71 bits per heavy atom. The van der Waals surface area contributed by atoms with Crippen LogP contribution < -0.4 is 10.6 Å². The quantitative estimate of drug-likeness (QED) is 0.403. The maximum Gasteiger partial charge on any atom is 0.407 e. The van der Waals surface area contributed by atoms with Crippen LogP contribution in [0.3, 0.4) is 0 Å². The van der Waals surface area contributed by atoms with E-state index in [4.69, 9.17) is 14.4 Å². The minimum atomic E-state index is -0.913. The molecule has 0 bridgehead atoms. The first-order valence-corrected chi connectivity index (χ1v) is 11.5. The fraction of sp³-hybridized carbons (Fsp3) is 0.308. The summed E-state index contributed by atoms with van der Waals surface area (Å²) < 4.78 is 10.4. The van der Waals surface area contributed by atoms with Crippen molar-refractivity contribution in [1.82, 2.24) is 15.8 Å². The first-order chi connectivity index (χ1) is 17.0. The van der Waals surface area contributed by atoms with E-state index >= 15 is 0 Å². The summed E-state index contributed by atoms with van der Waals surface area (Å²) in [5, 5.41) is 18.1. The number of amides is 2. The summed E-state index contributed by atoms with van der Waals surface area (Å²) in [4.78, 5) is 35.8. The molecule has 0 saturated heterocycles. The van der Waals surface area contributed by atoms with Gasteiger partial charge in [-0.25, -0.2) is 4.79 Å². The minimum absolute atomic E-state index is 0.0311. The number of carbonyl (C=O) groups excluding carboxylic acids is 2. The van der Waals surface area contributed by atoms with Gasteiger partial charge in [-0.3, -0.25) is 9.59 Å². The lowest BCUT2D eigenvalue weighted by atomic mass is 9.98. The van der Waals surface area contributed by atoms with Crippen LogP contribution in [0.15, 0.2) is 59.3 Å². The van der Waals surface area contributed by atoms with Crippen molar-refractivity contribution >= 4 is 18.0 Å². The molecule has 0 aliphatic heterocycles. The number of nitrogens with zero attached hydrogens (tertiary/aromatic N) is 1. The van der Waals surface area contributed by atoms with Gasteiger partial charge in [0.05, 0.1) is 6.54 Å². The molecule has 1 heterocycles. The second kappa shape index (κ2) is 10.9. The molecule has 0 saturated carbocycles. The predicted molar refractivity (Wildman–Crippen MR) is 127 cm³/mol. The Kier molecular flexibility index (Phi) is 7.45. The van der Waals surface area contributed by atoms with Crippen molar-refractivity contribution < 1.29 is 28.8 Å². The molecule has 4 rings (SSSR count). The Morgan fingerprint density at radius 1 is 1.06 bits per heavy atom. The number of ether oxygens (including phenoxy) is 1. The molecule has 9 heteroatoms. The predicted octanol–water partition coefficient (Wildman–Crippen LogP) is 3.94. The summed E-state index contributed by atoms with van der Waals surface area (Å²) >= 11 is 0. The summed E-state index contributed by atoms with van der Waals surface area (Å²) in [7, 11) is 0. The Balaban J connectivity index is 1.31. The van der Waals surface area contributed by atoms with Crippen molar-refractivity contribution in [2.24, 2.45) is 5.92 Å². The zero-order valence-corrected chi connectivity index (χ0v) is 19.3. The van der Waals surface area contributed by atoms with Crippen LogP contribution >= 0.6 is 0 Å². The van der Waals surface area contributed by atoms with E-state index in [0.717, 1.165) is 22.3 Å². The Morgan fingerprint density at radius 3 is 2.34 bits per heavy atom. The summed E-state index contributed by atoms with van der Waals surface area (Å²) in [5.41, 5.74) is 4.94. The Hall–Kier alpha value is -4.14. The van der Waals surface area contributed by atoms with Crippen molar-refractivity contribution in [2.45, 2.75) is 32.2 Å². The molecule has 2 aromatic carbocycles. The molecule has 0 fully saturated rings. The van der Waals surface area contributed by atoms with Crippen LogP contribution in [0.5, 0.6) is 0 Å². The van der Waals surface area contributed by atoms with Crippen LogP contribution in [0.25, 0.3) is 11.1 Å². The highest BCUT2D eigenvalue weighted by molar-refractivity contribution is 5.95. The average Bonchev–Trinajstić information content (AvgIpc) is 3.46. The average molecular weight is 478 g/mol. The number of aliphatic carboxylic acids is 1. The Bertz CT molecular complexity index is 1180. The molecular formula is C26H27N3O6. The van der Waals surface area contributed by atoms with E-state index in [9.17, 15) is 14.4 Å². The van der Waals surface area contributed by atoms with Crippen LogP contribution in [0.2, 0.25) is 0 Å². The van der Waals surface area contributed by atoms with Crippen molar-refractivity contribution in [2.75, 3.05) is 13.2 Å². The SMILES string of the molecule is CCC(CNC(=O)c1conc1CNC(=O)OCC1c2ccccc2-c2ccccc21)CC(=O)O. The van der Waals surface area contributed by atoms with Crippen LogP contribution in [0.4, 0.5) is 4.79 Å². The van der Waals surface area contributed by atoms with E-state index in [-0.39, 0.29) is 49.2 Å². The van der Waals surface area contributed by atoms with E-state index in [2.05, 4.69) is 27.9 Å². The summed E-state index contributed by atoms with van der Waals surface area (Å²) in [6, 6.07) is 16.1. The Labute approximate surface area is 202 Å². The smallest absolute Gasteiger partial charge is 0.407 e. The monoisotopic (exact) mass is 477 g/mol. The molecule has 0 radical (unpaired) electrons. The number of hydrogen-bond donors (Lipinski definition) is 3. The second-order valence-electron chi connectivity index (χ2n) is 8.44. The number of carboxylic acids is 1. The minimum Gasteiger partial charge on any atom is -0.481 e. The van der Waals surface area contributed by atoms with Gasteiger partial charge in [0, 0.05) is 18.9 Å². The standard InChI is InChI=1S/C26H27N3O6/c1-2-16(11-24(30)31)12-27-25(32)22-15-35-29-23(22)13-28-26(33)34-14-21-19-9-5-3-7-17(19)18-8-4-6-10-20(18)21/h3-10,15-16,21H,2,11-14H2,1H3,(H,27,32)(H,28,33)(H,30,31). The maximum atomic E-state index is 12.5. The fourth-order valence-electron chi connectivity index (χ4n) is 4.32. The van der Waals surface area contributed by atoms with Crippen LogP contribution in [0.1, 0.15) is 52.9 Å². The molecule has 182 valence electrons. The molecule has 1 aliphatic rings. The van der Waals surface area contributed by atoms with Crippen molar-refractivity contribution in [3.05, 3.63) is 77.2 Å². The number of benzene rings is 2. The van der Waals surface area contributed by atoms with Gasteiger partial charge in [0.25, 0.3) is 5.91 Å². The third-order valence-corrected chi connectivity index (χ3v) is 6.22. The van der Waals surface area contributed by atoms with E-state index < -0.39 is 18.0 Å². The van der Waals surface area contributed by atoms with Gasteiger partial charge >= 0.3 is 12.1 Å². The van der Waals surface area contributed by atoms with Crippen LogP contribution in [-0.4, -0.2) is 41.4 Å². The van der Waals surface area contributed by atoms with Gasteiger partial charge in [0.1, 0.15) is 24.1 Å². The lowest BCUT2D eigenvalue weighted by molar-refractivity contribution is -0.138. The van der Waals surface area contributed by atoms with Crippen LogP contribution in [0, 0.1) is 5.92 Å². The van der Waals surface area contributed by atoms with Gasteiger partial charge < -0.3 is 25.0 Å². The van der Waals surface area contributed by atoms with Gasteiger partial charge in [-0.15, -0.1) is 0 Å². The lowest BCUT2D eigenvalue weighted by Gasteiger charge is -2.14. The van der Waals surface area contributed by atoms with Gasteiger partial charge in [0.2, 0.25) is 0 Å². The fourth-order valence-corrected chi connectivity index (χ4v) is 4.32. The van der Waals surface area contributed by atoms with Gasteiger partial charge in [-0.05, 0) is 28.2 Å². The number of carbonyl (C=O) groups is 3. The molecule has 1 aliphatic carbocycles. The molecule has 9 nitrogen and oxygen atoms in total. The number of rotatable bonds is 10. The van der Waals surface area contributed by atoms with E-state index in [1.54, 1.807) is 0 Å². The molecule has 2 amide bonds. The third-order valence-electron chi connectivity index (χ3n) is 6.22. The molecule has 35 heavy (non-hydrogen) atoms. The first-order valence-electron chi connectivity index (χ1n) is 11.5. The maximum absolute atomic E-state index is 12.5. The number of carboxylic acid groups (broad SMARTS) is 1. The molecule has 1 atom stereocenters. The number of nitrogens with one attached hydrogen (secondary N) is 2. The van der Waals surface area contributed by atoms with E-state index in [1.807, 2.05) is 43.3 Å². The van der Waals surface area contributed by atoms with Crippen LogP contribution in [-0.2, 0) is 16.1 Å². The van der Waals surface area contributed by atoms with E-state index in [0.29, 0.717) is 6.42 Å². The van der Waals surface area contributed by atoms with Crippen molar-refractivity contribution in [3.63, 3.8) is 0 Å². The molecule has 1 aromatic heterocycles. The van der Waals surface area contributed by atoms with Crippen molar-refractivity contribution in [3.8, 4) is 11.1 Å². The summed E-state index contributed by atoms with van der Waals surface area (Å²) in [6.45, 7) is 2.20. The van der Waals surface area contributed by atoms with Gasteiger partial charge in [-0.2, -0.15) is 0 Å². The second-order valence-corrected chi connectivity index (χ2v) is 8.44. The lowest BCUT2D eigenvalue weighted by Crippen LogP contribution is -2.31. The topological polar surface area (TPSA) is 131 Å². The highest BCUT2D eigenvalue weighted by Crippen LogP contribution is 2.44. The molecule has 0 spiro atoms. The largest absolute Gasteiger partial charge is 0.481 e. The third kappa shape index (κ3) is 5.51. The summed E-state index contributed by atoms with van der Waals surface area (Å²) in [5.74, 6) is -1.60. The molecular weight excluding hydrogens is 450 g/mol. The molecule has 3 aromatic rings. The highest BCUT2D eigenvalue weighted by atomic mass is 16.5. The molecule has 3 N–H and O–H groups in total. The zero-order valence-electron chi connectivity index (χ0n) is 19.3. The zero-order chi connectivity index (χ0) is 24.8. The number of alkyl carbamates (subject to hydrolysis) is 1.